The average molecular weight is 579 g/mol. The molecule has 0 aliphatic carbocycles. The van der Waals surface area contributed by atoms with Gasteiger partial charge >= 0.3 is 0 Å². The van der Waals surface area contributed by atoms with Crippen LogP contribution in [0.2, 0.25) is 0 Å². The fourth-order valence-electron chi connectivity index (χ4n) is 6.63. The Balaban J connectivity index is 1.32. The SMILES string of the molecule is COCCOCC(C)OCC(C)N1C(=O)c2ccc3c4ccc5c6c(ccc(c7ccc(c2c37)C1=O)c64)C(=O)N(C)C5=O. The molecular formula is C34H30N2O7. The topological polar surface area (TPSA) is 102 Å². The molecule has 4 amide bonds. The Morgan fingerprint density at radius 2 is 1.05 bits per heavy atom. The molecule has 0 bridgehead atoms. The van der Waals surface area contributed by atoms with Crippen molar-refractivity contribution in [3.05, 3.63) is 70.8 Å². The van der Waals surface area contributed by atoms with E-state index in [2.05, 4.69) is 0 Å². The van der Waals surface area contributed by atoms with Crippen molar-refractivity contribution in [2.45, 2.75) is 26.0 Å². The first-order chi connectivity index (χ1) is 20.7. The molecule has 0 saturated heterocycles. The highest BCUT2D eigenvalue weighted by atomic mass is 16.5. The van der Waals surface area contributed by atoms with Gasteiger partial charge < -0.3 is 14.2 Å². The molecule has 0 aromatic heterocycles. The first-order valence-corrected chi connectivity index (χ1v) is 14.3. The number of rotatable bonds is 9. The molecule has 0 N–H and O–H groups in total. The van der Waals surface area contributed by atoms with Crippen LogP contribution in [0.3, 0.4) is 0 Å². The monoisotopic (exact) mass is 578 g/mol. The number of carbonyl (C=O) groups excluding carboxylic acids is 4. The summed E-state index contributed by atoms with van der Waals surface area (Å²) in [4.78, 5) is 56.3. The minimum Gasteiger partial charge on any atom is -0.382 e. The summed E-state index contributed by atoms with van der Waals surface area (Å²) >= 11 is 0. The summed E-state index contributed by atoms with van der Waals surface area (Å²) in [5.74, 6) is -1.40. The summed E-state index contributed by atoms with van der Waals surface area (Å²) in [5.41, 5.74) is 1.89. The summed E-state index contributed by atoms with van der Waals surface area (Å²) in [7, 11) is 3.11. The van der Waals surface area contributed by atoms with E-state index in [0.29, 0.717) is 52.8 Å². The predicted molar refractivity (Wildman–Crippen MR) is 162 cm³/mol. The van der Waals surface area contributed by atoms with Gasteiger partial charge in [-0.2, -0.15) is 0 Å². The summed E-state index contributed by atoms with van der Waals surface area (Å²) in [6.45, 7) is 5.19. The number of amides is 4. The number of carbonyl (C=O) groups is 4. The molecule has 9 nitrogen and oxygen atoms in total. The Hall–Kier alpha value is -4.44. The second-order valence-corrected chi connectivity index (χ2v) is 11.4. The van der Waals surface area contributed by atoms with Crippen LogP contribution in [0.25, 0.3) is 43.1 Å². The van der Waals surface area contributed by atoms with E-state index in [-0.39, 0.29) is 36.3 Å². The summed E-state index contributed by atoms with van der Waals surface area (Å²) < 4.78 is 16.4. The number of benzene rings is 5. The lowest BCUT2D eigenvalue weighted by atomic mass is 9.82. The standard InChI is InChI=1S/C34H30N2O7/c1-17(15-43-18(2)16-42-14-13-41-4)36-33(39)25-11-7-21-19-5-9-23-29-24(32(38)35(3)31(23)37)10-6-20(27(19)29)22-8-12-26(34(36)40)30(25)28(21)22/h5-12,17-18H,13-16H2,1-4H3. The van der Waals surface area contributed by atoms with E-state index in [9.17, 15) is 19.2 Å². The van der Waals surface area contributed by atoms with Gasteiger partial charge in [-0.05, 0) is 70.4 Å². The summed E-state index contributed by atoms with van der Waals surface area (Å²) in [6.07, 6.45) is -0.219. The third kappa shape index (κ3) is 3.89. The van der Waals surface area contributed by atoms with Crippen molar-refractivity contribution in [1.82, 2.24) is 9.80 Å². The van der Waals surface area contributed by atoms with Crippen LogP contribution in [0.5, 0.6) is 0 Å². The Kier molecular flexibility index (Phi) is 6.42. The maximum atomic E-state index is 13.9. The third-order valence-electron chi connectivity index (χ3n) is 8.72. The lowest BCUT2D eigenvalue weighted by Gasteiger charge is -2.33. The first-order valence-electron chi connectivity index (χ1n) is 14.3. The molecule has 43 heavy (non-hydrogen) atoms. The largest absolute Gasteiger partial charge is 0.382 e. The third-order valence-corrected chi connectivity index (χ3v) is 8.72. The van der Waals surface area contributed by atoms with E-state index in [1.165, 1.54) is 11.9 Å². The van der Waals surface area contributed by atoms with Crippen LogP contribution in [-0.2, 0) is 14.2 Å². The Bertz CT molecular complexity index is 1900. The van der Waals surface area contributed by atoms with Crippen molar-refractivity contribution < 1.29 is 33.4 Å². The first kappa shape index (κ1) is 27.4. The Labute approximate surface area is 247 Å². The van der Waals surface area contributed by atoms with Crippen LogP contribution in [-0.4, -0.2) is 86.2 Å². The fraction of sp³-hybridized carbons (Fsp3) is 0.294. The zero-order valence-electron chi connectivity index (χ0n) is 24.4. The minimum absolute atomic E-state index is 0.174. The van der Waals surface area contributed by atoms with Crippen LogP contribution in [0.1, 0.15) is 55.3 Å². The van der Waals surface area contributed by atoms with Gasteiger partial charge in [-0.15, -0.1) is 0 Å². The lowest BCUT2D eigenvalue weighted by molar-refractivity contribution is -0.0312. The highest BCUT2D eigenvalue weighted by Crippen LogP contribution is 2.46. The Morgan fingerprint density at radius 1 is 0.605 bits per heavy atom. The molecule has 0 saturated carbocycles. The molecule has 2 aliphatic heterocycles. The van der Waals surface area contributed by atoms with Gasteiger partial charge in [-0.1, -0.05) is 24.3 Å². The van der Waals surface area contributed by atoms with E-state index in [1.54, 1.807) is 38.3 Å². The molecule has 2 atom stereocenters. The van der Waals surface area contributed by atoms with Gasteiger partial charge in [0.15, 0.2) is 0 Å². The Morgan fingerprint density at radius 3 is 1.49 bits per heavy atom. The van der Waals surface area contributed by atoms with Crippen molar-refractivity contribution in [3.63, 3.8) is 0 Å². The molecule has 0 radical (unpaired) electrons. The number of ether oxygens (including phenoxy) is 3. The highest BCUT2D eigenvalue weighted by Gasteiger charge is 2.38. The predicted octanol–water partition coefficient (Wildman–Crippen LogP) is 5.02. The van der Waals surface area contributed by atoms with Crippen LogP contribution in [0.4, 0.5) is 0 Å². The van der Waals surface area contributed by atoms with Crippen LogP contribution in [0.15, 0.2) is 48.5 Å². The van der Waals surface area contributed by atoms with Gasteiger partial charge in [-0.3, -0.25) is 29.0 Å². The van der Waals surface area contributed by atoms with E-state index in [4.69, 9.17) is 14.2 Å². The molecule has 218 valence electrons. The molecule has 2 heterocycles. The average Bonchev–Trinajstić information content (AvgIpc) is 3.01. The van der Waals surface area contributed by atoms with Gasteiger partial charge in [0, 0.05) is 47.2 Å². The van der Waals surface area contributed by atoms with Crippen LogP contribution >= 0.6 is 0 Å². The van der Waals surface area contributed by atoms with Gasteiger partial charge in [0.2, 0.25) is 0 Å². The molecule has 5 aromatic rings. The minimum atomic E-state index is -0.498. The smallest absolute Gasteiger partial charge is 0.261 e. The molecule has 0 spiro atoms. The molecule has 2 unspecified atom stereocenters. The van der Waals surface area contributed by atoms with Gasteiger partial charge in [0.1, 0.15) is 0 Å². The van der Waals surface area contributed by atoms with Crippen LogP contribution < -0.4 is 0 Å². The molecule has 5 aromatic carbocycles. The second-order valence-electron chi connectivity index (χ2n) is 11.4. The fourth-order valence-corrected chi connectivity index (χ4v) is 6.63. The lowest BCUT2D eigenvalue weighted by Crippen LogP contribution is -2.48. The highest BCUT2D eigenvalue weighted by molar-refractivity contribution is 6.41. The van der Waals surface area contributed by atoms with Crippen molar-refractivity contribution in [1.29, 1.82) is 0 Å². The number of methoxy groups -OCH3 is 1. The molecule has 7 rings (SSSR count). The molecule has 2 aliphatic rings. The molecular weight excluding hydrogens is 548 g/mol. The zero-order chi connectivity index (χ0) is 30.2. The van der Waals surface area contributed by atoms with Crippen molar-refractivity contribution >= 4 is 66.7 Å². The number of hydrogen-bond acceptors (Lipinski definition) is 7. The van der Waals surface area contributed by atoms with Gasteiger partial charge in [0.25, 0.3) is 23.6 Å². The number of imide groups is 2. The summed E-state index contributed by atoms with van der Waals surface area (Å²) in [5, 5.41) is 6.37. The van der Waals surface area contributed by atoms with E-state index >= 15 is 0 Å². The van der Waals surface area contributed by atoms with Crippen molar-refractivity contribution in [2.75, 3.05) is 40.6 Å². The normalized spacial score (nSPS) is 16.5. The zero-order valence-corrected chi connectivity index (χ0v) is 24.4. The molecule has 0 fully saturated rings. The quantitative estimate of drug-likeness (QED) is 0.105. The van der Waals surface area contributed by atoms with Gasteiger partial charge in [0.05, 0.1) is 38.6 Å². The van der Waals surface area contributed by atoms with E-state index in [1.807, 2.05) is 31.2 Å². The van der Waals surface area contributed by atoms with Gasteiger partial charge in [-0.25, -0.2) is 0 Å². The number of hydrogen-bond donors (Lipinski definition) is 0. The molecule has 9 heteroatoms. The second kappa shape index (κ2) is 10.1. The van der Waals surface area contributed by atoms with Crippen molar-refractivity contribution in [2.24, 2.45) is 0 Å². The van der Waals surface area contributed by atoms with E-state index < -0.39 is 6.04 Å². The number of fused-ring (bicyclic) bond motifs is 2. The van der Waals surface area contributed by atoms with Crippen molar-refractivity contribution in [3.8, 4) is 0 Å². The maximum Gasteiger partial charge on any atom is 0.261 e. The maximum absolute atomic E-state index is 13.9. The van der Waals surface area contributed by atoms with Crippen LogP contribution in [0, 0.1) is 0 Å². The van der Waals surface area contributed by atoms with E-state index in [0.717, 1.165) is 37.2 Å². The summed E-state index contributed by atoms with van der Waals surface area (Å²) in [6, 6.07) is 14.2. The number of nitrogens with zero attached hydrogens (tertiary/aromatic N) is 2.